The van der Waals surface area contributed by atoms with E-state index >= 15 is 0 Å². The summed E-state index contributed by atoms with van der Waals surface area (Å²) in [5.74, 6) is 2.31. The molecule has 0 aliphatic carbocycles. The number of nitrogens with zero attached hydrogens (tertiary/aromatic N) is 1. The number of aromatic nitrogens is 1. The van der Waals surface area contributed by atoms with Gasteiger partial charge in [0.1, 0.15) is 5.75 Å². The number of methoxy groups -OCH3 is 3. The number of hydrogen-bond donors (Lipinski definition) is 1. The molecule has 4 rings (SSSR count). The van der Waals surface area contributed by atoms with E-state index in [1.54, 1.807) is 21.3 Å². The molecule has 0 spiro atoms. The molecule has 0 saturated carbocycles. The van der Waals surface area contributed by atoms with Crippen LogP contribution in [0.5, 0.6) is 17.2 Å². The van der Waals surface area contributed by atoms with Crippen LogP contribution in [-0.4, -0.2) is 26.3 Å². The third-order valence-electron chi connectivity index (χ3n) is 5.47. The van der Waals surface area contributed by atoms with Crippen molar-refractivity contribution < 1.29 is 14.2 Å². The number of hydrogen-bond acceptors (Lipinski definition) is 5. The van der Waals surface area contributed by atoms with Crippen LogP contribution in [0.2, 0.25) is 0 Å². The van der Waals surface area contributed by atoms with Crippen molar-refractivity contribution in [3.63, 3.8) is 0 Å². The smallest absolute Gasteiger partial charge is 0.161 e. The van der Waals surface area contributed by atoms with E-state index in [0.29, 0.717) is 0 Å². The van der Waals surface area contributed by atoms with Crippen molar-refractivity contribution in [3.05, 3.63) is 82.7 Å². The molecule has 1 aliphatic rings. The molecule has 0 unspecified atom stereocenters. The lowest BCUT2D eigenvalue weighted by Crippen LogP contribution is -2.34. The SMILES string of the molecule is COc1cccc([C@H]2N[C@@H](c3ccc(C)cn3)Cc3cc(OC)c(OC)cc32)c1. The van der Waals surface area contributed by atoms with Crippen LogP contribution in [0.15, 0.2) is 54.7 Å². The van der Waals surface area contributed by atoms with Crippen molar-refractivity contribution in [3.8, 4) is 17.2 Å². The fourth-order valence-electron chi connectivity index (χ4n) is 3.92. The third kappa shape index (κ3) is 3.78. The van der Waals surface area contributed by atoms with Crippen molar-refractivity contribution in [2.24, 2.45) is 0 Å². The van der Waals surface area contributed by atoms with Gasteiger partial charge in [-0.2, -0.15) is 0 Å². The van der Waals surface area contributed by atoms with E-state index in [9.17, 15) is 0 Å². The third-order valence-corrected chi connectivity index (χ3v) is 5.47. The summed E-state index contributed by atoms with van der Waals surface area (Å²) in [5.41, 5.74) is 5.72. The van der Waals surface area contributed by atoms with Crippen molar-refractivity contribution in [2.75, 3.05) is 21.3 Å². The summed E-state index contributed by atoms with van der Waals surface area (Å²) in [5, 5.41) is 3.79. The van der Waals surface area contributed by atoms with E-state index in [1.807, 2.05) is 18.3 Å². The Labute approximate surface area is 171 Å². The molecule has 1 N–H and O–H groups in total. The molecule has 150 valence electrons. The Morgan fingerprint density at radius 2 is 1.72 bits per heavy atom. The van der Waals surface area contributed by atoms with Crippen LogP contribution >= 0.6 is 0 Å². The topological polar surface area (TPSA) is 52.6 Å². The van der Waals surface area contributed by atoms with Crippen LogP contribution in [0.3, 0.4) is 0 Å². The Hall–Kier alpha value is -3.05. The van der Waals surface area contributed by atoms with Gasteiger partial charge in [0, 0.05) is 6.20 Å². The molecule has 1 aliphatic heterocycles. The van der Waals surface area contributed by atoms with E-state index in [2.05, 4.69) is 53.6 Å². The van der Waals surface area contributed by atoms with E-state index < -0.39 is 0 Å². The fourth-order valence-corrected chi connectivity index (χ4v) is 3.92. The summed E-state index contributed by atoms with van der Waals surface area (Å²) in [4.78, 5) is 4.67. The number of fused-ring (bicyclic) bond motifs is 1. The molecule has 0 saturated heterocycles. The Morgan fingerprint density at radius 3 is 2.41 bits per heavy atom. The Kier molecular flexibility index (Phi) is 5.41. The monoisotopic (exact) mass is 390 g/mol. The van der Waals surface area contributed by atoms with Gasteiger partial charge >= 0.3 is 0 Å². The molecular weight excluding hydrogens is 364 g/mol. The van der Waals surface area contributed by atoms with E-state index in [1.165, 1.54) is 11.1 Å². The van der Waals surface area contributed by atoms with Gasteiger partial charge in [-0.15, -0.1) is 0 Å². The highest BCUT2D eigenvalue weighted by Crippen LogP contribution is 2.41. The van der Waals surface area contributed by atoms with Crippen molar-refractivity contribution in [1.29, 1.82) is 0 Å². The fraction of sp³-hybridized carbons (Fsp3) is 0.292. The van der Waals surface area contributed by atoms with E-state index in [4.69, 9.17) is 14.2 Å². The van der Waals surface area contributed by atoms with Gasteiger partial charge in [0.15, 0.2) is 11.5 Å². The van der Waals surface area contributed by atoms with Gasteiger partial charge in [-0.05, 0) is 65.9 Å². The minimum absolute atomic E-state index is 0.0123. The molecule has 5 nitrogen and oxygen atoms in total. The molecule has 2 aromatic carbocycles. The Morgan fingerprint density at radius 1 is 0.931 bits per heavy atom. The van der Waals surface area contributed by atoms with Crippen LogP contribution < -0.4 is 19.5 Å². The van der Waals surface area contributed by atoms with Crippen LogP contribution in [-0.2, 0) is 6.42 Å². The average Bonchev–Trinajstić information content (AvgIpc) is 2.77. The van der Waals surface area contributed by atoms with Gasteiger partial charge in [-0.3, -0.25) is 10.3 Å². The lowest BCUT2D eigenvalue weighted by Gasteiger charge is -2.34. The number of pyridine rings is 1. The van der Waals surface area contributed by atoms with Gasteiger partial charge in [0.05, 0.1) is 39.1 Å². The normalized spacial score (nSPS) is 18.1. The number of rotatable bonds is 5. The molecule has 0 radical (unpaired) electrons. The number of benzene rings is 2. The lowest BCUT2D eigenvalue weighted by molar-refractivity contribution is 0.350. The second kappa shape index (κ2) is 8.13. The Bertz CT molecular complexity index is 1000. The second-order valence-corrected chi connectivity index (χ2v) is 7.30. The summed E-state index contributed by atoms with van der Waals surface area (Å²) < 4.78 is 16.6. The minimum atomic E-state index is -0.0123. The lowest BCUT2D eigenvalue weighted by atomic mass is 9.85. The van der Waals surface area contributed by atoms with Gasteiger partial charge in [-0.1, -0.05) is 18.2 Å². The first-order chi connectivity index (χ1) is 14.1. The predicted octanol–water partition coefficient (Wildman–Crippen LogP) is 4.39. The number of aryl methyl sites for hydroxylation is 1. The molecular formula is C24H26N2O3. The molecule has 5 heteroatoms. The van der Waals surface area contributed by atoms with Crippen LogP contribution in [0.25, 0.3) is 0 Å². The quantitative estimate of drug-likeness (QED) is 0.700. The van der Waals surface area contributed by atoms with Crippen LogP contribution in [0.4, 0.5) is 0 Å². The van der Waals surface area contributed by atoms with Crippen molar-refractivity contribution in [2.45, 2.75) is 25.4 Å². The molecule has 29 heavy (non-hydrogen) atoms. The first kappa shape index (κ1) is 19.3. The van der Waals surface area contributed by atoms with Crippen molar-refractivity contribution in [1.82, 2.24) is 10.3 Å². The van der Waals surface area contributed by atoms with Crippen LogP contribution in [0.1, 0.15) is 40.0 Å². The van der Waals surface area contributed by atoms with Gasteiger partial charge < -0.3 is 14.2 Å². The standard InChI is InChI=1S/C24H26N2O3/c1-15-8-9-20(25-14-15)21-11-17-12-22(28-3)23(29-4)13-19(17)24(26-21)16-6-5-7-18(10-16)27-2/h5-10,12-14,21,24,26H,11H2,1-4H3/t21-,24-/m1/s1. The average molecular weight is 390 g/mol. The Balaban J connectivity index is 1.82. The maximum Gasteiger partial charge on any atom is 0.161 e. The molecule has 3 aromatic rings. The first-order valence-corrected chi connectivity index (χ1v) is 9.70. The summed E-state index contributed by atoms with van der Waals surface area (Å²) >= 11 is 0. The molecule has 2 heterocycles. The van der Waals surface area contributed by atoms with Gasteiger partial charge in [-0.25, -0.2) is 0 Å². The highest BCUT2D eigenvalue weighted by atomic mass is 16.5. The zero-order valence-electron chi connectivity index (χ0n) is 17.2. The molecule has 0 amide bonds. The molecule has 2 atom stereocenters. The van der Waals surface area contributed by atoms with E-state index in [0.717, 1.165) is 40.5 Å². The molecule has 0 bridgehead atoms. The summed E-state index contributed by atoms with van der Waals surface area (Å²) in [6.07, 6.45) is 2.74. The molecule has 1 aromatic heterocycles. The molecule has 0 fully saturated rings. The van der Waals surface area contributed by atoms with E-state index in [-0.39, 0.29) is 12.1 Å². The highest BCUT2D eigenvalue weighted by Gasteiger charge is 2.30. The zero-order chi connectivity index (χ0) is 20.4. The summed E-state index contributed by atoms with van der Waals surface area (Å²) in [6, 6.07) is 16.6. The first-order valence-electron chi connectivity index (χ1n) is 9.70. The van der Waals surface area contributed by atoms with Gasteiger partial charge in [0.25, 0.3) is 0 Å². The maximum absolute atomic E-state index is 5.57. The second-order valence-electron chi connectivity index (χ2n) is 7.30. The van der Waals surface area contributed by atoms with Gasteiger partial charge in [0.2, 0.25) is 0 Å². The van der Waals surface area contributed by atoms with Crippen molar-refractivity contribution >= 4 is 0 Å². The maximum atomic E-state index is 5.57. The zero-order valence-corrected chi connectivity index (χ0v) is 17.2. The number of ether oxygens (including phenoxy) is 3. The summed E-state index contributed by atoms with van der Waals surface area (Å²) in [6.45, 7) is 2.05. The largest absolute Gasteiger partial charge is 0.497 e. The van der Waals surface area contributed by atoms with Crippen LogP contribution in [0, 0.1) is 6.92 Å². The summed E-state index contributed by atoms with van der Waals surface area (Å²) in [7, 11) is 5.03. The number of nitrogens with one attached hydrogen (secondary N) is 1. The minimum Gasteiger partial charge on any atom is -0.497 e. The predicted molar refractivity (Wildman–Crippen MR) is 113 cm³/mol. The highest BCUT2D eigenvalue weighted by molar-refractivity contribution is 5.52.